The molecule has 1 aromatic rings. The van der Waals surface area contributed by atoms with E-state index < -0.39 is 0 Å². The molecule has 2 nitrogen and oxygen atoms in total. The SMILES string of the molecule is COc1ccc(Cl)c(NCCCSC)c1. The zero-order valence-electron chi connectivity index (χ0n) is 9.05. The molecular formula is C11H16ClNOS. The second-order valence-electron chi connectivity index (χ2n) is 3.12. The zero-order valence-corrected chi connectivity index (χ0v) is 10.6. The largest absolute Gasteiger partial charge is 0.497 e. The molecule has 0 saturated carbocycles. The van der Waals surface area contributed by atoms with Gasteiger partial charge in [0.25, 0.3) is 0 Å². The normalized spacial score (nSPS) is 10.1. The van der Waals surface area contributed by atoms with E-state index in [2.05, 4.69) is 11.6 Å². The van der Waals surface area contributed by atoms with E-state index in [0.29, 0.717) is 0 Å². The Morgan fingerprint density at radius 3 is 2.93 bits per heavy atom. The Kier molecular flexibility index (Phi) is 5.73. The summed E-state index contributed by atoms with van der Waals surface area (Å²) in [5.41, 5.74) is 0.942. The van der Waals surface area contributed by atoms with Crippen molar-refractivity contribution in [2.45, 2.75) is 6.42 Å². The third kappa shape index (κ3) is 4.22. The van der Waals surface area contributed by atoms with Crippen molar-refractivity contribution in [3.05, 3.63) is 23.2 Å². The first kappa shape index (κ1) is 12.5. The van der Waals surface area contributed by atoms with Gasteiger partial charge in [-0.15, -0.1) is 0 Å². The van der Waals surface area contributed by atoms with Gasteiger partial charge in [-0.2, -0.15) is 11.8 Å². The van der Waals surface area contributed by atoms with E-state index >= 15 is 0 Å². The van der Waals surface area contributed by atoms with Crippen LogP contribution in [0, 0.1) is 0 Å². The second-order valence-corrected chi connectivity index (χ2v) is 4.51. The minimum atomic E-state index is 0.736. The number of rotatable bonds is 6. The summed E-state index contributed by atoms with van der Waals surface area (Å²) < 4.78 is 5.13. The summed E-state index contributed by atoms with van der Waals surface area (Å²) in [6, 6.07) is 5.62. The lowest BCUT2D eigenvalue weighted by Crippen LogP contribution is -2.03. The van der Waals surface area contributed by atoms with Crippen molar-refractivity contribution in [2.75, 3.05) is 31.0 Å². The number of methoxy groups -OCH3 is 1. The van der Waals surface area contributed by atoms with E-state index in [0.717, 1.165) is 35.2 Å². The average Bonchev–Trinajstić information content (AvgIpc) is 2.26. The molecule has 4 heteroatoms. The van der Waals surface area contributed by atoms with Crippen molar-refractivity contribution in [3.8, 4) is 5.75 Å². The summed E-state index contributed by atoms with van der Waals surface area (Å²) in [6.45, 7) is 0.938. The van der Waals surface area contributed by atoms with Gasteiger partial charge < -0.3 is 10.1 Å². The van der Waals surface area contributed by atoms with Gasteiger partial charge >= 0.3 is 0 Å². The Hall–Kier alpha value is -0.540. The molecule has 0 aliphatic carbocycles. The molecule has 84 valence electrons. The number of nitrogens with one attached hydrogen (secondary N) is 1. The van der Waals surface area contributed by atoms with Crippen molar-refractivity contribution in [3.63, 3.8) is 0 Å². The van der Waals surface area contributed by atoms with Crippen LogP contribution < -0.4 is 10.1 Å². The molecule has 1 N–H and O–H groups in total. The van der Waals surface area contributed by atoms with E-state index in [1.54, 1.807) is 7.11 Å². The summed E-state index contributed by atoms with van der Waals surface area (Å²) in [7, 11) is 1.65. The number of benzene rings is 1. The Labute approximate surface area is 100 Å². The van der Waals surface area contributed by atoms with Crippen molar-refractivity contribution < 1.29 is 4.74 Å². The highest BCUT2D eigenvalue weighted by molar-refractivity contribution is 7.98. The number of thioether (sulfide) groups is 1. The van der Waals surface area contributed by atoms with E-state index in [1.807, 2.05) is 30.0 Å². The van der Waals surface area contributed by atoms with Crippen molar-refractivity contribution in [2.24, 2.45) is 0 Å². The van der Waals surface area contributed by atoms with Crippen LogP contribution in [0.3, 0.4) is 0 Å². The number of halogens is 1. The zero-order chi connectivity index (χ0) is 11.1. The van der Waals surface area contributed by atoms with E-state index in [1.165, 1.54) is 0 Å². The smallest absolute Gasteiger partial charge is 0.121 e. The summed E-state index contributed by atoms with van der Waals surface area (Å²) in [4.78, 5) is 0. The fraction of sp³-hybridized carbons (Fsp3) is 0.455. The molecular weight excluding hydrogens is 230 g/mol. The van der Waals surface area contributed by atoms with Crippen molar-refractivity contribution >= 4 is 29.1 Å². The van der Waals surface area contributed by atoms with E-state index in [9.17, 15) is 0 Å². The van der Waals surface area contributed by atoms with Gasteiger partial charge in [-0.3, -0.25) is 0 Å². The van der Waals surface area contributed by atoms with Gasteiger partial charge in [0.2, 0.25) is 0 Å². The van der Waals surface area contributed by atoms with Crippen LogP contribution in [0.15, 0.2) is 18.2 Å². The average molecular weight is 246 g/mol. The molecule has 0 atom stereocenters. The predicted octanol–water partition coefficient (Wildman–Crippen LogP) is 3.51. The molecule has 0 heterocycles. The number of hydrogen-bond acceptors (Lipinski definition) is 3. The van der Waals surface area contributed by atoms with Crippen LogP contribution in [-0.2, 0) is 0 Å². The van der Waals surface area contributed by atoms with Gasteiger partial charge in [0.05, 0.1) is 17.8 Å². The Balaban J connectivity index is 2.51. The van der Waals surface area contributed by atoms with Crippen LogP contribution >= 0.6 is 23.4 Å². The second kappa shape index (κ2) is 6.85. The molecule has 1 aromatic carbocycles. The Morgan fingerprint density at radius 2 is 2.27 bits per heavy atom. The van der Waals surface area contributed by atoms with Gasteiger partial charge in [0.15, 0.2) is 0 Å². The molecule has 0 saturated heterocycles. The molecule has 15 heavy (non-hydrogen) atoms. The lowest BCUT2D eigenvalue weighted by atomic mass is 10.3. The Morgan fingerprint density at radius 1 is 1.47 bits per heavy atom. The molecule has 0 spiro atoms. The summed E-state index contributed by atoms with van der Waals surface area (Å²) >= 11 is 7.89. The third-order valence-electron chi connectivity index (χ3n) is 2.01. The van der Waals surface area contributed by atoms with Crippen molar-refractivity contribution in [1.29, 1.82) is 0 Å². The molecule has 0 aliphatic rings. The minimum absolute atomic E-state index is 0.736. The molecule has 0 amide bonds. The van der Waals surface area contributed by atoms with Crippen LogP contribution in [0.2, 0.25) is 5.02 Å². The lowest BCUT2D eigenvalue weighted by molar-refractivity contribution is 0.415. The topological polar surface area (TPSA) is 21.3 Å². The quantitative estimate of drug-likeness (QED) is 0.775. The first-order valence-electron chi connectivity index (χ1n) is 4.84. The van der Waals surface area contributed by atoms with Gasteiger partial charge in [0.1, 0.15) is 5.75 Å². The van der Waals surface area contributed by atoms with Gasteiger partial charge in [0, 0.05) is 12.6 Å². The van der Waals surface area contributed by atoms with Crippen LogP contribution in [-0.4, -0.2) is 25.7 Å². The van der Waals surface area contributed by atoms with Crippen LogP contribution in [0.1, 0.15) is 6.42 Å². The van der Waals surface area contributed by atoms with Crippen LogP contribution in [0.4, 0.5) is 5.69 Å². The molecule has 0 fully saturated rings. The fourth-order valence-electron chi connectivity index (χ4n) is 1.21. The van der Waals surface area contributed by atoms with E-state index in [-0.39, 0.29) is 0 Å². The molecule has 0 aliphatic heterocycles. The highest BCUT2D eigenvalue weighted by atomic mass is 35.5. The maximum atomic E-state index is 6.04. The maximum Gasteiger partial charge on any atom is 0.121 e. The lowest BCUT2D eigenvalue weighted by Gasteiger charge is -2.09. The molecule has 0 unspecified atom stereocenters. The highest BCUT2D eigenvalue weighted by Gasteiger charge is 2.01. The van der Waals surface area contributed by atoms with Gasteiger partial charge in [-0.1, -0.05) is 11.6 Å². The first-order valence-corrected chi connectivity index (χ1v) is 6.61. The number of hydrogen-bond donors (Lipinski definition) is 1. The molecule has 0 bridgehead atoms. The minimum Gasteiger partial charge on any atom is -0.497 e. The first-order chi connectivity index (χ1) is 7.27. The molecule has 1 rings (SSSR count). The standard InChI is InChI=1S/C11H16ClNOS/c1-14-9-4-5-10(12)11(8-9)13-6-3-7-15-2/h4-5,8,13H,3,6-7H2,1-2H3. The van der Waals surface area contributed by atoms with Crippen LogP contribution in [0.25, 0.3) is 0 Å². The third-order valence-corrected chi connectivity index (χ3v) is 3.04. The highest BCUT2D eigenvalue weighted by Crippen LogP contribution is 2.26. The predicted molar refractivity (Wildman–Crippen MR) is 69.5 cm³/mol. The molecule has 0 aromatic heterocycles. The van der Waals surface area contributed by atoms with Gasteiger partial charge in [-0.05, 0) is 30.6 Å². The fourth-order valence-corrected chi connectivity index (χ4v) is 1.82. The summed E-state index contributed by atoms with van der Waals surface area (Å²) in [5, 5.41) is 4.03. The van der Waals surface area contributed by atoms with Crippen molar-refractivity contribution in [1.82, 2.24) is 0 Å². The molecule has 0 radical (unpaired) electrons. The summed E-state index contributed by atoms with van der Waals surface area (Å²) in [5.74, 6) is 1.99. The number of ether oxygens (including phenoxy) is 1. The van der Waals surface area contributed by atoms with Gasteiger partial charge in [-0.25, -0.2) is 0 Å². The summed E-state index contributed by atoms with van der Waals surface area (Å²) in [6.07, 6.45) is 3.24. The monoisotopic (exact) mass is 245 g/mol. The Bertz CT molecular complexity index is 307. The maximum absolute atomic E-state index is 6.04. The van der Waals surface area contributed by atoms with Crippen LogP contribution in [0.5, 0.6) is 5.75 Å². The van der Waals surface area contributed by atoms with E-state index in [4.69, 9.17) is 16.3 Å². The number of anilines is 1.